The highest BCUT2D eigenvalue weighted by molar-refractivity contribution is 9.10. The van der Waals surface area contributed by atoms with E-state index < -0.39 is 0 Å². The second-order valence-electron chi connectivity index (χ2n) is 5.83. The van der Waals surface area contributed by atoms with E-state index in [-0.39, 0.29) is 5.41 Å². The molecule has 0 bridgehead atoms. The van der Waals surface area contributed by atoms with E-state index in [0.29, 0.717) is 6.04 Å². The Morgan fingerprint density at radius 1 is 1.47 bits per heavy atom. The molecule has 1 aromatic rings. The summed E-state index contributed by atoms with van der Waals surface area (Å²) in [4.78, 5) is 2.48. The highest BCUT2D eigenvalue weighted by Gasteiger charge is 2.43. The molecule has 0 aromatic heterocycles. The maximum Gasteiger partial charge on any atom is 0.0586 e. The zero-order valence-corrected chi connectivity index (χ0v) is 12.9. The van der Waals surface area contributed by atoms with Crippen molar-refractivity contribution in [1.29, 1.82) is 0 Å². The first kappa shape index (κ1) is 13.6. The van der Waals surface area contributed by atoms with Crippen LogP contribution in [0.3, 0.4) is 0 Å². The predicted octanol–water partition coefficient (Wildman–Crippen LogP) is 2.01. The fourth-order valence-electron chi connectivity index (χ4n) is 3.11. The van der Waals surface area contributed by atoms with Gasteiger partial charge in [0.1, 0.15) is 0 Å². The number of piperazine rings is 1. The van der Waals surface area contributed by atoms with Crippen LogP contribution in [0, 0.1) is 0 Å². The Balaban J connectivity index is 1.79. The summed E-state index contributed by atoms with van der Waals surface area (Å²) in [5.74, 6) is 0. The summed E-state index contributed by atoms with van der Waals surface area (Å²) < 4.78 is 6.71. The highest BCUT2D eigenvalue weighted by atomic mass is 79.9. The summed E-state index contributed by atoms with van der Waals surface area (Å²) in [5, 5.41) is 3.51. The van der Waals surface area contributed by atoms with Gasteiger partial charge in [0.25, 0.3) is 0 Å². The van der Waals surface area contributed by atoms with Gasteiger partial charge in [0.05, 0.1) is 13.2 Å². The number of hydrogen-bond acceptors (Lipinski definition) is 3. The highest BCUT2D eigenvalue weighted by Crippen LogP contribution is 2.38. The molecule has 2 aliphatic rings. The quantitative estimate of drug-likeness (QED) is 0.920. The molecule has 1 aromatic carbocycles. The molecule has 0 amide bonds. The molecule has 1 unspecified atom stereocenters. The van der Waals surface area contributed by atoms with E-state index in [2.05, 4.69) is 57.5 Å². The molecule has 0 radical (unpaired) electrons. The second kappa shape index (κ2) is 5.52. The van der Waals surface area contributed by atoms with Gasteiger partial charge in [-0.3, -0.25) is 0 Å². The Kier molecular flexibility index (Phi) is 3.94. The van der Waals surface area contributed by atoms with Gasteiger partial charge in [-0.1, -0.05) is 28.1 Å². The van der Waals surface area contributed by atoms with Crippen molar-refractivity contribution in [1.82, 2.24) is 10.2 Å². The molecule has 0 spiro atoms. The Hall–Kier alpha value is -0.420. The van der Waals surface area contributed by atoms with Crippen LogP contribution in [0.2, 0.25) is 0 Å². The van der Waals surface area contributed by atoms with Gasteiger partial charge in [0.15, 0.2) is 0 Å². The molecule has 104 valence electrons. The summed E-state index contributed by atoms with van der Waals surface area (Å²) in [6, 6.07) is 9.31. The first-order valence-corrected chi connectivity index (χ1v) is 7.74. The number of nitrogens with one attached hydrogen (secondary N) is 1. The van der Waals surface area contributed by atoms with Crippen LogP contribution in [-0.2, 0) is 10.2 Å². The lowest BCUT2D eigenvalue weighted by Gasteiger charge is -2.47. The second-order valence-corrected chi connectivity index (χ2v) is 6.74. The van der Waals surface area contributed by atoms with Crippen molar-refractivity contribution in [3.8, 4) is 0 Å². The Morgan fingerprint density at radius 2 is 2.32 bits per heavy atom. The number of hydrogen-bond donors (Lipinski definition) is 1. The summed E-state index contributed by atoms with van der Waals surface area (Å²) >= 11 is 3.58. The maximum absolute atomic E-state index is 5.56. The zero-order valence-electron chi connectivity index (χ0n) is 11.4. The van der Waals surface area contributed by atoms with E-state index in [1.807, 2.05) is 0 Å². The molecule has 3 rings (SSSR count). The summed E-state index contributed by atoms with van der Waals surface area (Å²) in [6.45, 7) is 5.04. The third kappa shape index (κ3) is 2.72. The monoisotopic (exact) mass is 324 g/mol. The topological polar surface area (TPSA) is 24.5 Å². The molecule has 0 aliphatic carbocycles. The normalized spacial score (nSPS) is 26.9. The first-order chi connectivity index (χ1) is 9.20. The number of benzene rings is 1. The van der Waals surface area contributed by atoms with Crippen LogP contribution < -0.4 is 5.32 Å². The van der Waals surface area contributed by atoms with Gasteiger partial charge in [-0.25, -0.2) is 0 Å². The van der Waals surface area contributed by atoms with E-state index in [0.717, 1.165) is 37.3 Å². The molecule has 3 nitrogen and oxygen atoms in total. The summed E-state index contributed by atoms with van der Waals surface area (Å²) in [6.07, 6.45) is 1.17. The van der Waals surface area contributed by atoms with E-state index >= 15 is 0 Å². The van der Waals surface area contributed by atoms with Gasteiger partial charge in [-0.15, -0.1) is 0 Å². The van der Waals surface area contributed by atoms with Crippen LogP contribution in [0.15, 0.2) is 28.7 Å². The van der Waals surface area contributed by atoms with E-state index in [4.69, 9.17) is 4.74 Å². The van der Waals surface area contributed by atoms with Gasteiger partial charge in [0, 0.05) is 35.6 Å². The molecule has 2 heterocycles. The Labute approximate surface area is 123 Å². The average molecular weight is 325 g/mol. The van der Waals surface area contributed by atoms with Crippen molar-refractivity contribution in [2.24, 2.45) is 0 Å². The molecule has 2 fully saturated rings. The number of nitrogens with zero attached hydrogens (tertiary/aromatic N) is 1. The Morgan fingerprint density at radius 3 is 2.95 bits per heavy atom. The molecule has 2 saturated heterocycles. The number of halogens is 1. The lowest BCUT2D eigenvalue weighted by molar-refractivity contribution is -0.0754. The summed E-state index contributed by atoms with van der Waals surface area (Å²) in [7, 11) is 2.24. The van der Waals surface area contributed by atoms with Gasteiger partial charge < -0.3 is 15.0 Å². The fraction of sp³-hybridized carbons (Fsp3) is 0.600. The summed E-state index contributed by atoms with van der Waals surface area (Å²) in [5.41, 5.74) is 1.62. The lowest BCUT2D eigenvalue weighted by atomic mass is 9.73. The molecule has 2 aliphatic heterocycles. The minimum Gasteiger partial charge on any atom is -0.379 e. The van der Waals surface area contributed by atoms with Crippen LogP contribution in [0.4, 0.5) is 0 Å². The van der Waals surface area contributed by atoms with E-state index in [1.165, 1.54) is 12.0 Å². The van der Waals surface area contributed by atoms with E-state index in [1.54, 1.807) is 0 Å². The van der Waals surface area contributed by atoms with Crippen LogP contribution in [0.1, 0.15) is 12.0 Å². The van der Waals surface area contributed by atoms with Gasteiger partial charge >= 0.3 is 0 Å². The predicted molar refractivity (Wildman–Crippen MR) is 80.5 cm³/mol. The van der Waals surface area contributed by atoms with Crippen LogP contribution >= 0.6 is 15.9 Å². The average Bonchev–Trinajstić information content (AvgIpc) is 2.36. The third-order valence-corrected chi connectivity index (χ3v) is 4.96. The standard InChI is InChI=1S/C15H21BrN2O/c1-18-6-5-17-9-14(18)8-15(10-19-11-15)12-3-2-4-13(16)7-12/h2-4,7,14,17H,5-6,8-11H2,1H3. The van der Waals surface area contributed by atoms with Crippen LogP contribution in [0.25, 0.3) is 0 Å². The van der Waals surface area contributed by atoms with Crippen molar-refractivity contribution in [3.63, 3.8) is 0 Å². The van der Waals surface area contributed by atoms with Crippen molar-refractivity contribution in [2.75, 3.05) is 39.9 Å². The fourth-order valence-corrected chi connectivity index (χ4v) is 3.51. The largest absolute Gasteiger partial charge is 0.379 e. The number of likely N-dealkylation sites (N-methyl/N-ethyl adjacent to an activating group) is 1. The molecular formula is C15H21BrN2O. The third-order valence-electron chi connectivity index (χ3n) is 4.46. The van der Waals surface area contributed by atoms with Gasteiger partial charge in [-0.05, 0) is 31.2 Å². The smallest absolute Gasteiger partial charge is 0.0586 e. The Bertz CT molecular complexity index is 448. The lowest BCUT2D eigenvalue weighted by Crippen LogP contribution is -2.56. The maximum atomic E-state index is 5.56. The van der Waals surface area contributed by atoms with Crippen molar-refractivity contribution in [2.45, 2.75) is 17.9 Å². The number of ether oxygens (including phenoxy) is 1. The van der Waals surface area contributed by atoms with Crippen molar-refractivity contribution in [3.05, 3.63) is 34.3 Å². The minimum absolute atomic E-state index is 0.210. The van der Waals surface area contributed by atoms with Crippen LogP contribution in [-0.4, -0.2) is 50.8 Å². The molecule has 0 saturated carbocycles. The van der Waals surface area contributed by atoms with Crippen molar-refractivity contribution >= 4 is 15.9 Å². The van der Waals surface area contributed by atoms with Crippen molar-refractivity contribution < 1.29 is 4.74 Å². The minimum atomic E-state index is 0.210. The van der Waals surface area contributed by atoms with Gasteiger partial charge in [0.2, 0.25) is 0 Å². The molecule has 19 heavy (non-hydrogen) atoms. The van der Waals surface area contributed by atoms with Crippen LogP contribution in [0.5, 0.6) is 0 Å². The zero-order chi connectivity index (χ0) is 13.3. The first-order valence-electron chi connectivity index (χ1n) is 6.94. The van der Waals surface area contributed by atoms with Gasteiger partial charge in [-0.2, -0.15) is 0 Å². The molecule has 4 heteroatoms. The van der Waals surface area contributed by atoms with E-state index in [9.17, 15) is 0 Å². The molecule has 1 atom stereocenters. The number of rotatable bonds is 3. The molecule has 1 N–H and O–H groups in total. The SMILES string of the molecule is CN1CCNCC1CC1(c2cccc(Br)c2)COC1. The molecular weight excluding hydrogens is 304 g/mol.